The molecule has 0 unspecified atom stereocenters. The molecule has 0 atom stereocenters. The molecule has 168 valence electrons. The Balaban J connectivity index is 1.55. The average Bonchev–Trinajstić information content (AvgIpc) is 3.35. The minimum atomic E-state index is -1.01. The maximum atomic E-state index is 11.0. The largest absolute Gasteiger partial charge is 0.478 e. The Morgan fingerprint density at radius 3 is 2.15 bits per heavy atom. The van der Waals surface area contributed by atoms with E-state index in [1.165, 1.54) is 30.5 Å². The Morgan fingerprint density at radius 1 is 0.882 bits per heavy atom. The molecule has 4 aromatic rings. The van der Waals surface area contributed by atoms with Crippen molar-refractivity contribution in [2.75, 3.05) is 0 Å². The van der Waals surface area contributed by atoms with Crippen molar-refractivity contribution in [3.63, 3.8) is 0 Å². The van der Waals surface area contributed by atoms with Crippen LogP contribution in [0.25, 0.3) is 16.9 Å². The summed E-state index contributed by atoms with van der Waals surface area (Å²) < 4.78 is 1.55. The van der Waals surface area contributed by atoms with Crippen LogP contribution in [0.2, 0.25) is 0 Å². The van der Waals surface area contributed by atoms with Gasteiger partial charge in [0.25, 0.3) is 0 Å². The first-order valence-electron chi connectivity index (χ1n) is 9.97. The Morgan fingerprint density at radius 2 is 1.53 bits per heavy atom. The zero-order valence-corrected chi connectivity index (χ0v) is 17.6. The molecular weight excluding hydrogens is 436 g/mol. The molecule has 4 rings (SSSR count). The smallest absolute Gasteiger partial charge is 0.335 e. The van der Waals surface area contributed by atoms with Gasteiger partial charge in [0.05, 0.1) is 34.9 Å². The fourth-order valence-corrected chi connectivity index (χ4v) is 3.13. The van der Waals surface area contributed by atoms with E-state index in [4.69, 9.17) is 16.1 Å². The Bertz CT molecular complexity index is 1410. The minimum Gasteiger partial charge on any atom is -0.478 e. The SMILES string of the molecule is NN=C(C=Nc1ccc(C(=O)O)cc1)c1cccc(-c2cn(-c3ccc(C(=O)O)cc3)nn2)c1. The Labute approximate surface area is 193 Å². The summed E-state index contributed by atoms with van der Waals surface area (Å²) in [5.74, 6) is 3.57. The molecule has 0 bridgehead atoms. The van der Waals surface area contributed by atoms with Gasteiger partial charge in [-0.1, -0.05) is 23.4 Å². The standard InChI is InChI=1S/C24H18N6O4/c25-27-21(13-26-19-8-4-15(5-9-19)23(31)32)17-2-1-3-18(12-17)22-14-30(29-28-22)20-10-6-16(7-11-20)24(33)34/h1-14H,25H2,(H,31,32)(H,33,34). The van der Waals surface area contributed by atoms with Crippen molar-refractivity contribution in [1.82, 2.24) is 15.0 Å². The first-order valence-corrected chi connectivity index (χ1v) is 9.97. The second-order valence-corrected chi connectivity index (χ2v) is 7.11. The maximum absolute atomic E-state index is 11.0. The molecule has 0 amide bonds. The summed E-state index contributed by atoms with van der Waals surface area (Å²) in [5, 5.41) is 30.2. The van der Waals surface area contributed by atoms with Crippen LogP contribution in [0.15, 0.2) is 89.1 Å². The summed E-state index contributed by atoms with van der Waals surface area (Å²) in [4.78, 5) is 26.3. The lowest BCUT2D eigenvalue weighted by Crippen LogP contribution is -2.06. The number of hydrogen-bond acceptors (Lipinski definition) is 7. The van der Waals surface area contributed by atoms with Crippen molar-refractivity contribution in [2.24, 2.45) is 15.9 Å². The van der Waals surface area contributed by atoms with Crippen molar-refractivity contribution in [1.29, 1.82) is 0 Å². The van der Waals surface area contributed by atoms with Gasteiger partial charge in [-0.25, -0.2) is 14.3 Å². The molecular formula is C24H18N6O4. The molecule has 4 N–H and O–H groups in total. The summed E-state index contributed by atoms with van der Waals surface area (Å²) in [6.07, 6.45) is 3.22. The zero-order chi connectivity index (χ0) is 24.1. The molecule has 3 aromatic carbocycles. The monoisotopic (exact) mass is 454 g/mol. The first-order chi connectivity index (χ1) is 16.4. The number of carboxylic acid groups (broad SMARTS) is 2. The number of carbonyl (C=O) groups is 2. The second kappa shape index (κ2) is 9.57. The van der Waals surface area contributed by atoms with Crippen LogP contribution >= 0.6 is 0 Å². The number of aromatic carboxylic acids is 2. The van der Waals surface area contributed by atoms with Crippen molar-refractivity contribution < 1.29 is 19.8 Å². The van der Waals surface area contributed by atoms with Crippen LogP contribution < -0.4 is 5.84 Å². The first kappa shape index (κ1) is 22.1. The van der Waals surface area contributed by atoms with E-state index < -0.39 is 11.9 Å². The summed E-state index contributed by atoms with van der Waals surface area (Å²) in [7, 11) is 0. The fourth-order valence-electron chi connectivity index (χ4n) is 3.13. The average molecular weight is 454 g/mol. The molecule has 1 heterocycles. The molecule has 0 saturated carbocycles. The highest BCUT2D eigenvalue weighted by molar-refractivity contribution is 6.38. The lowest BCUT2D eigenvalue weighted by molar-refractivity contribution is 0.0686. The molecule has 0 radical (unpaired) electrons. The van der Waals surface area contributed by atoms with Crippen LogP contribution in [-0.2, 0) is 0 Å². The maximum Gasteiger partial charge on any atom is 0.335 e. The molecule has 34 heavy (non-hydrogen) atoms. The van der Waals surface area contributed by atoms with E-state index in [0.29, 0.717) is 28.3 Å². The zero-order valence-electron chi connectivity index (χ0n) is 17.6. The van der Waals surface area contributed by atoms with Crippen molar-refractivity contribution in [2.45, 2.75) is 0 Å². The molecule has 10 nitrogen and oxygen atoms in total. The van der Waals surface area contributed by atoms with E-state index in [-0.39, 0.29) is 11.1 Å². The molecule has 0 aliphatic heterocycles. The van der Waals surface area contributed by atoms with Crippen LogP contribution in [0, 0.1) is 0 Å². The van der Waals surface area contributed by atoms with Gasteiger partial charge in [0.1, 0.15) is 11.4 Å². The number of nitrogens with two attached hydrogens (primary N) is 1. The number of hydrazone groups is 1. The van der Waals surface area contributed by atoms with Crippen LogP contribution in [0.3, 0.4) is 0 Å². The lowest BCUT2D eigenvalue weighted by Gasteiger charge is -2.03. The molecule has 0 aliphatic carbocycles. The number of aromatic nitrogens is 3. The normalized spacial score (nSPS) is 11.6. The lowest BCUT2D eigenvalue weighted by atomic mass is 10.1. The highest BCUT2D eigenvalue weighted by Crippen LogP contribution is 2.20. The molecule has 10 heteroatoms. The minimum absolute atomic E-state index is 0.172. The molecule has 0 spiro atoms. The van der Waals surface area contributed by atoms with Crippen LogP contribution in [0.5, 0.6) is 0 Å². The number of aliphatic imine (C=N–C) groups is 1. The van der Waals surface area contributed by atoms with E-state index in [2.05, 4.69) is 20.4 Å². The van der Waals surface area contributed by atoms with Crippen LogP contribution in [-0.4, -0.2) is 49.1 Å². The Hall–Kier alpha value is -5.12. The van der Waals surface area contributed by atoms with Crippen molar-refractivity contribution >= 4 is 29.6 Å². The predicted octanol–water partition coefficient (Wildman–Crippen LogP) is 3.40. The molecule has 1 aromatic heterocycles. The van der Waals surface area contributed by atoms with E-state index >= 15 is 0 Å². The number of rotatable bonds is 7. The van der Waals surface area contributed by atoms with Crippen LogP contribution in [0.4, 0.5) is 5.69 Å². The van der Waals surface area contributed by atoms with E-state index in [1.54, 1.807) is 35.1 Å². The molecule has 0 fully saturated rings. The summed E-state index contributed by atoms with van der Waals surface area (Å²) in [5.41, 5.74) is 4.07. The highest BCUT2D eigenvalue weighted by Gasteiger charge is 2.10. The van der Waals surface area contributed by atoms with Gasteiger partial charge in [-0.3, -0.25) is 4.99 Å². The van der Waals surface area contributed by atoms with E-state index in [1.807, 2.05) is 24.3 Å². The van der Waals surface area contributed by atoms with Gasteiger partial charge in [0, 0.05) is 11.1 Å². The van der Waals surface area contributed by atoms with Crippen molar-refractivity contribution in [3.05, 3.63) is 95.7 Å². The number of hydrogen-bond donors (Lipinski definition) is 3. The molecule has 0 saturated heterocycles. The van der Waals surface area contributed by atoms with E-state index in [9.17, 15) is 9.59 Å². The van der Waals surface area contributed by atoms with Gasteiger partial charge in [-0.05, 0) is 54.6 Å². The van der Waals surface area contributed by atoms with Gasteiger partial charge in [0.15, 0.2) is 0 Å². The Kier molecular flexibility index (Phi) is 6.22. The van der Waals surface area contributed by atoms with Gasteiger partial charge >= 0.3 is 11.9 Å². The van der Waals surface area contributed by atoms with Gasteiger partial charge in [-0.2, -0.15) is 5.10 Å². The fraction of sp³-hybridized carbons (Fsp3) is 0. The van der Waals surface area contributed by atoms with E-state index in [0.717, 1.165) is 5.56 Å². The summed E-state index contributed by atoms with van der Waals surface area (Å²) in [6, 6.07) is 19.8. The third kappa shape index (κ3) is 4.86. The third-order valence-electron chi connectivity index (χ3n) is 4.92. The quantitative estimate of drug-likeness (QED) is 0.219. The second-order valence-electron chi connectivity index (χ2n) is 7.11. The highest BCUT2D eigenvalue weighted by atomic mass is 16.4. The van der Waals surface area contributed by atoms with Crippen LogP contribution in [0.1, 0.15) is 26.3 Å². The number of carboxylic acids is 2. The summed E-state index contributed by atoms with van der Waals surface area (Å²) >= 11 is 0. The number of benzene rings is 3. The van der Waals surface area contributed by atoms with Gasteiger partial charge in [-0.15, -0.1) is 5.10 Å². The summed E-state index contributed by atoms with van der Waals surface area (Å²) in [6.45, 7) is 0. The number of nitrogens with zero attached hydrogens (tertiary/aromatic N) is 5. The predicted molar refractivity (Wildman–Crippen MR) is 126 cm³/mol. The molecule has 0 aliphatic rings. The van der Waals surface area contributed by atoms with Gasteiger partial charge < -0.3 is 16.1 Å². The third-order valence-corrected chi connectivity index (χ3v) is 4.92. The van der Waals surface area contributed by atoms with Crippen molar-refractivity contribution in [3.8, 4) is 16.9 Å². The van der Waals surface area contributed by atoms with Gasteiger partial charge in [0.2, 0.25) is 0 Å². The topological polar surface area (TPSA) is 156 Å².